The van der Waals surface area contributed by atoms with Crippen molar-refractivity contribution in [1.82, 2.24) is 25.4 Å². The third kappa shape index (κ3) is 6.79. The van der Waals surface area contributed by atoms with Crippen LogP contribution in [0, 0.1) is 11.3 Å². The third-order valence-corrected chi connectivity index (χ3v) is 11.0. The zero-order valence-corrected chi connectivity index (χ0v) is 26.7. The summed E-state index contributed by atoms with van der Waals surface area (Å²) in [5, 5.41) is 17.4. The van der Waals surface area contributed by atoms with E-state index in [0.717, 1.165) is 80.8 Å². The van der Waals surface area contributed by atoms with Gasteiger partial charge < -0.3 is 25.5 Å². The van der Waals surface area contributed by atoms with E-state index in [-0.39, 0.29) is 30.0 Å². The second-order valence-electron chi connectivity index (χ2n) is 14.5. The topological polar surface area (TPSA) is 97.8 Å². The quantitative estimate of drug-likeness (QED) is 0.331. The first kappa shape index (κ1) is 30.3. The van der Waals surface area contributed by atoms with Gasteiger partial charge in [-0.25, -0.2) is 0 Å². The average Bonchev–Trinajstić information content (AvgIpc) is 3.79. The fourth-order valence-corrected chi connectivity index (χ4v) is 7.65. The summed E-state index contributed by atoms with van der Waals surface area (Å²) >= 11 is 0. The maximum Gasteiger partial charge on any atom is 0.251 e. The van der Waals surface area contributed by atoms with Gasteiger partial charge in [-0.1, -0.05) is 19.1 Å². The molecule has 7 rings (SSSR count). The molecule has 3 aromatic rings. The molecule has 1 saturated carbocycles. The molecule has 2 aliphatic carbocycles. The van der Waals surface area contributed by atoms with E-state index in [2.05, 4.69) is 33.4 Å². The maximum absolute atomic E-state index is 13.8. The highest BCUT2D eigenvalue weighted by atomic mass is 16.3. The highest BCUT2D eigenvalue weighted by Crippen LogP contribution is 2.55. The Bertz CT molecular complexity index is 1570. The zero-order chi connectivity index (χ0) is 31.1. The lowest BCUT2D eigenvalue weighted by molar-refractivity contribution is 0.0795. The summed E-state index contributed by atoms with van der Waals surface area (Å²) in [5.41, 5.74) is 6.18. The molecule has 2 amide bonds. The minimum absolute atomic E-state index is 0.0756. The number of hydrogen-bond donors (Lipinski definition) is 3. The lowest BCUT2D eigenvalue weighted by Crippen LogP contribution is -2.57. The summed E-state index contributed by atoms with van der Waals surface area (Å²) in [6.07, 6.45) is 8.07. The number of pyridine rings is 1. The maximum atomic E-state index is 13.8. The molecule has 1 unspecified atom stereocenters. The van der Waals surface area contributed by atoms with Crippen LogP contribution in [0.15, 0.2) is 48.5 Å². The Hall–Kier alpha value is -3.33. The molecule has 238 valence electrons. The van der Waals surface area contributed by atoms with Gasteiger partial charge in [-0.15, -0.1) is 0 Å². The van der Waals surface area contributed by atoms with Gasteiger partial charge in [0.15, 0.2) is 0 Å². The first-order valence-corrected chi connectivity index (χ1v) is 17.0. The number of fused-ring (bicyclic) bond motifs is 2. The van der Waals surface area contributed by atoms with Crippen molar-refractivity contribution in [1.29, 1.82) is 0 Å². The summed E-state index contributed by atoms with van der Waals surface area (Å²) in [6.45, 7) is 6.65. The van der Waals surface area contributed by atoms with E-state index in [9.17, 15) is 14.7 Å². The number of aliphatic hydroxyl groups is 1. The van der Waals surface area contributed by atoms with Gasteiger partial charge in [-0.3, -0.25) is 14.6 Å². The van der Waals surface area contributed by atoms with Crippen LogP contribution in [-0.4, -0.2) is 83.6 Å². The second kappa shape index (κ2) is 12.5. The predicted molar refractivity (Wildman–Crippen MR) is 176 cm³/mol. The highest BCUT2D eigenvalue weighted by Gasteiger charge is 2.45. The van der Waals surface area contributed by atoms with Crippen LogP contribution >= 0.6 is 0 Å². The smallest absolute Gasteiger partial charge is 0.251 e. The SMILES string of the molecule is CN1CC(NC(=O)c2cccc([C@@H](CCN3CCC(O)CC3)NC(=O)c3ccc4nc5c(cc4c3)CC(C3(C)CC3)CC5)c2)C1. The van der Waals surface area contributed by atoms with E-state index in [4.69, 9.17) is 4.98 Å². The van der Waals surface area contributed by atoms with Crippen LogP contribution in [0.25, 0.3) is 10.9 Å². The van der Waals surface area contributed by atoms with E-state index >= 15 is 0 Å². The summed E-state index contributed by atoms with van der Waals surface area (Å²) in [6, 6.07) is 15.7. The number of amides is 2. The molecule has 3 heterocycles. The Labute approximate surface area is 266 Å². The average molecular weight is 610 g/mol. The molecule has 0 bridgehead atoms. The standard InChI is InChI=1S/C37H47N5O3/c1-37(13-14-37)29-7-9-33-28(21-29)20-27-19-26(6-8-32(27)39-33)36(45)40-34(12-17-42-15-10-31(43)11-16-42)24-4-3-5-25(18-24)35(44)38-30-22-41(2)23-30/h3-6,8,18-20,29-31,34,43H,7,9-17,21-23H2,1-2H3,(H,38,44)(H,40,45)/t29?,34-/m1/s1. The Kier molecular flexibility index (Phi) is 8.40. The van der Waals surface area contributed by atoms with Gasteiger partial charge in [0.25, 0.3) is 11.8 Å². The van der Waals surface area contributed by atoms with Gasteiger partial charge in [-0.2, -0.15) is 0 Å². The number of likely N-dealkylation sites (N-methyl/N-ethyl adjacent to an activating group) is 1. The lowest BCUT2D eigenvalue weighted by Gasteiger charge is -2.36. The van der Waals surface area contributed by atoms with Gasteiger partial charge in [0, 0.05) is 54.9 Å². The van der Waals surface area contributed by atoms with Crippen LogP contribution in [0.2, 0.25) is 0 Å². The molecule has 4 aliphatic rings. The fraction of sp³-hybridized carbons (Fsp3) is 0.541. The highest BCUT2D eigenvalue weighted by molar-refractivity contribution is 5.98. The van der Waals surface area contributed by atoms with Crippen molar-refractivity contribution in [2.24, 2.45) is 11.3 Å². The van der Waals surface area contributed by atoms with Gasteiger partial charge in [0.1, 0.15) is 0 Å². The van der Waals surface area contributed by atoms with Crippen molar-refractivity contribution in [3.63, 3.8) is 0 Å². The third-order valence-electron chi connectivity index (χ3n) is 11.0. The van der Waals surface area contributed by atoms with Crippen LogP contribution < -0.4 is 10.6 Å². The molecule has 45 heavy (non-hydrogen) atoms. The number of carbonyl (C=O) groups excluding carboxylic acids is 2. The number of nitrogens with zero attached hydrogens (tertiary/aromatic N) is 3. The number of carbonyl (C=O) groups is 2. The predicted octanol–water partition coefficient (Wildman–Crippen LogP) is 4.50. The first-order valence-electron chi connectivity index (χ1n) is 17.0. The number of piperidine rings is 1. The molecule has 2 aliphatic heterocycles. The van der Waals surface area contributed by atoms with Crippen LogP contribution in [0.1, 0.15) is 89.0 Å². The van der Waals surface area contributed by atoms with Crippen molar-refractivity contribution in [3.05, 3.63) is 76.5 Å². The minimum Gasteiger partial charge on any atom is -0.393 e. The normalized spacial score (nSPS) is 22.8. The van der Waals surface area contributed by atoms with E-state index in [1.165, 1.54) is 30.5 Å². The number of hydrogen-bond acceptors (Lipinski definition) is 6. The van der Waals surface area contributed by atoms with Gasteiger partial charge in [0.05, 0.1) is 23.7 Å². The van der Waals surface area contributed by atoms with Crippen LogP contribution in [0.5, 0.6) is 0 Å². The Morgan fingerprint density at radius 3 is 2.56 bits per heavy atom. The van der Waals surface area contributed by atoms with Crippen molar-refractivity contribution in [3.8, 4) is 0 Å². The summed E-state index contributed by atoms with van der Waals surface area (Å²) < 4.78 is 0. The summed E-state index contributed by atoms with van der Waals surface area (Å²) in [7, 11) is 2.05. The Morgan fingerprint density at radius 2 is 1.80 bits per heavy atom. The number of likely N-dealkylation sites (tertiary alicyclic amines) is 2. The van der Waals surface area contributed by atoms with Crippen LogP contribution in [0.4, 0.5) is 0 Å². The van der Waals surface area contributed by atoms with Gasteiger partial charge in [0.2, 0.25) is 0 Å². The number of aryl methyl sites for hydroxylation is 1. The van der Waals surface area contributed by atoms with Gasteiger partial charge in [-0.05, 0) is 117 Å². The monoisotopic (exact) mass is 609 g/mol. The second-order valence-corrected chi connectivity index (χ2v) is 14.5. The number of benzene rings is 2. The number of nitrogens with one attached hydrogen (secondary N) is 2. The van der Waals surface area contributed by atoms with Crippen LogP contribution in [0.3, 0.4) is 0 Å². The molecule has 2 saturated heterocycles. The molecule has 8 heteroatoms. The number of rotatable bonds is 9. The zero-order valence-electron chi connectivity index (χ0n) is 26.7. The molecule has 2 aromatic carbocycles. The van der Waals surface area contributed by atoms with Crippen molar-refractivity contribution in [2.45, 2.75) is 76.5 Å². The summed E-state index contributed by atoms with van der Waals surface area (Å²) in [5.74, 6) is 0.533. The van der Waals surface area contributed by atoms with E-state index in [0.29, 0.717) is 23.0 Å². The van der Waals surface area contributed by atoms with E-state index in [1.54, 1.807) is 0 Å². The molecule has 0 radical (unpaired) electrons. The number of aromatic nitrogens is 1. The van der Waals surface area contributed by atoms with Crippen molar-refractivity contribution >= 4 is 22.7 Å². The molecule has 3 N–H and O–H groups in total. The molecule has 1 aromatic heterocycles. The van der Waals surface area contributed by atoms with Crippen molar-refractivity contribution < 1.29 is 14.7 Å². The van der Waals surface area contributed by atoms with E-state index in [1.807, 2.05) is 49.5 Å². The molecule has 0 spiro atoms. The Morgan fingerprint density at radius 1 is 1.02 bits per heavy atom. The number of aliphatic hydroxyl groups excluding tert-OH is 1. The molecular formula is C37H47N5O3. The first-order chi connectivity index (χ1) is 21.7. The largest absolute Gasteiger partial charge is 0.393 e. The molecule has 3 fully saturated rings. The molecule has 2 atom stereocenters. The van der Waals surface area contributed by atoms with Crippen molar-refractivity contribution in [2.75, 3.05) is 39.8 Å². The van der Waals surface area contributed by atoms with E-state index < -0.39 is 0 Å². The molecule has 8 nitrogen and oxygen atoms in total. The van der Waals surface area contributed by atoms with Crippen LogP contribution in [-0.2, 0) is 12.8 Å². The fourth-order valence-electron chi connectivity index (χ4n) is 7.65. The summed E-state index contributed by atoms with van der Waals surface area (Å²) in [4.78, 5) is 36.4. The Balaban J connectivity index is 1.10. The van der Waals surface area contributed by atoms with Gasteiger partial charge >= 0.3 is 0 Å². The lowest BCUT2D eigenvalue weighted by atomic mass is 9.77. The minimum atomic E-state index is -0.260. The molecular weight excluding hydrogens is 562 g/mol.